The van der Waals surface area contributed by atoms with Crippen LogP contribution in [0, 0.1) is 12.8 Å². The van der Waals surface area contributed by atoms with Gasteiger partial charge in [0.2, 0.25) is 11.8 Å². The molecule has 2 atom stereocenters. The molecule has 2 unspecified atom stereocenters. The Balaban J connectivity index is 1.54. The minimum atomic E-state index is 0.135. The maximum atomic E-state index is 12.6. The highest BCUT2D eigenvalue weighted by atomic mass is 16.5. The molecule has 2 heterocycles. The summed E-state index contributed by atoms with van der Waals surface area (Å²) in [5.41, 5.74) is 5.99. The van der Waals surface area contributed by atoms with Crippen LogP contribution >= 0.6 is 0 Å². The van der Waals surface area contributed by atoms with Crippen molar-refractivity contribution in [1.29, 1.82) is 0 Å². The monoisotopic (exact) mass is 292 g/mol. The third-order valence-corrected chi connectivity index (χ3v) is 4.76. The number of hydrogen-bond donors (Lipinski definition) is 1. The van der Waals surface area contributed by atoms with E-state index in [2.05, 4.69) is 10.1 Å². The third kappa shape index (κ3) is 3.26. The van der Waals surface area contributed by atoms with Gasteiger partial charge in [-0.15, -0.1) is 0 Å². The van der Waals surface area contributed by atoms with Crippen molar-refractivity contribution in [2.24, 2.45) is 11.7 Å². The first-order valence-electron chi connectivity index (χ1n) is 7.98. The van der Waals surface area contributed by atoms with Gasteiger partial charge in [-0.2, -0.15) is 4.98 Å². The summed E-state index contributed by atoms with van der Waals surface area (Å²) in [7, 11) is 0. The number of piperidine rings is 1. The zero-order valence-corrected chi connectivity index (χ0v) is 12.6. The van der Waals surface area contributed by atoms with Gasteiger partial charge in [0.05, 0.1) is 0 Å². The number of likely N-dealkylation sites (tertiary alicyclic amines) is 1. The molecule has 2 fully saturated rings. The number of hydrogen-bond acceptors (Lipinski definition) is 5. The molecule has 0 radical (unpaired) electrons. The van der Waals surface area contributed by atoms with Crippen LogP contribution < -0.4 is 5.73 Å². The van der Waals surface area contributed by atoms with Crippen LogP contribution in [0.2, 0.25) is 0 Å². The maximum Gasteiger partial charge on any atom is 0.229 e. The molecule has 1 saturated heterocycles. The minimum absolute atomic E-state index is 0.135. The van der Waals surface area contributed by atoms with Gasteiger partial charge in [-0.25, -0.2) is 0 Å². The molecule has 1 aromatic heterocycles. The fraction of sp³-hybridized carbons (Fsp3) is 0.800. The molecule has 1 aliphatic heterocycles. The Morgan fingerprint density at radius 1 is 1.29 bits per heavy atom. The van der Waals surface area contributed by atoms with Crippen LogP contribution in [-0.2, 0) is 4.79 Å². The number of rotatable bonds is 2. The van der Waals surface area contributed by atoms with Gasteiger partial charge in [0.25, 0.3) is 0 Å². The molecule has 3 rings (SSSR count). The zero-order valence-electron chi connectivity index (χ0n) is 12.6. The quantitative estimate of drug-likeness (QED) is 0.895. The summed E-state index contributed by atoms with van der Waals surface area (Å²) < 4.78 is 5.25. The molecule has 116 valence electrons. The van der Waals surface area contributed by atoms with Crippen molar-refractivity contribution in [3.63, 3.8) is 0 Å². The number of nitrogens with two attached hydrogens (primary N) is 1. The Hall–Kier alpha value is -1.43. The van der Waals surface area contributed by atoms with Crippen LogP contribution in [0.3, 0.4) is 0 Å². The molecule has 0 bridgehead atoms. The summed E-state index contributed by atoms with van der Waals surface area (Å²) in [5.74, 6) is 2.13. The van der Waals surface area contributed by atoms with E-state index in [0.29, 0.717) is 17.6 Å². The Labute approximate surface area is 125 Å². The van der Waals surface area contributed by atoms with Crippen molar-refractivity contribution in [2.45, 2.75) is 57.4 Å². The summed E-state index contributed by atoms with van der Waals surface area (Å²) in [6, 6.07) is 0.201. The second kappa shape index (κ2) is 6.13. The molecular formula is C15H24N4O2. The molecule has 21 heavy (non-hydrogen) atoms. The topological polar surface area (TPSA) is 85.2 Å². The highest BCUT2D eigenvalue weighted by Crippen LogP contribution is 2.30. The predicted molar refractivity (Wildman–Crippen MR) is 77.5 cm³/mol. The Morgan fingerprint density at radius 2 is 2.05 bits per heavy atom. The highest BCUT2D eigenvalue weighted by molar-refractivity contribution is 5.79. The van der Waals surface area contributed by atoms with E-state index in [1.807, 2.05) is 11.8 Å². The van der Waals surface area contributed by atoms with Gasteiger partial charge in [-0.3, -0.25) is 4.79 Å². The molecule has 1 amide bonds. The van der Waals surface area contributed by atoms with Crippen molar-refractivity contribution >= 4 is 5.91 Å². The molecule has 1 saturated carbocycles. The number of aryl methyl sites for hydroxylation is 1. The fourth-order valence-electron chi connectivity index (χ4n) is 3.54. The van der Waals surface area contributed by atoms with E-state index in [1.54, 1.807) is 0 Å². The van der Waals surface area contributed by atoms with Crippen molar-refractivity contribution in [3.8, 4) is 0 Å². The summed E-state index contributed by atoms with van der Waals surface area (Å²) in [5, 5.41) is 3.85. The third-order valence-electron chi connectivity index (χ3n) is 4.76. The lowest BCUT2D eigenvalue weighted by molar-refractivity contribution is -0.137. The molecule has 1 aromatic rings. The van der Waals surface area contributed by atoms with E-state index >= 15 is 0 Å². The maximum absolute atomic E-state index is 12.6. The van der Waals surface area contributed by atoms with E-state index in [1.165, 1.54) is 0 Å². The first-order chi connectivity index (χ1) is 10.1. The Morgan fingerprint density at radius 3 is 2.67 bits per heavy atom. The highest BCUT2D eigenvalue weighted by Gasteiger charge is 2.32. The van der Waals surface area contributed by atoms with E-state index in [9.17, 15) is 4.79 Å². The van der Waals surface area contributed by atoms with E-state index in [0.717, 1.165) is 57.5 Å². The zero-order chi connectivity index (χ0) is 14.8. The van der Waals surface area contributed by atoms with Gasteiger partial charge in [0.15, 0.2) is 5.82 Å². The molecule has 6 heteroatoms. The minimum Gasteiger partial charge on any atom is -0.342 e. The number of amides is 1. The van der Waals surface area contributed by atoms with Crippen molar-refractivity contribution in [2.75, 3.05) is 13.1 Å². The van der Waals surface area contributed by atoms with Crippen LogP contribution in [0.1, 0.15) is 56.2 Å². The van der Waals surface area contributed by atoms with Crippen LogP contribution in [-0.4, -0.2) is 40.1 Å². The molecule has 1 aliphatic carbocycles. The second-order valence-electron chi connectivity index (χ2n) is 6.40. The Kier molecular flexibility index (Phi) is 4.24. The second-order valence-corrected chi connectivity index (χ2v) is 6.40. The largest absolute Gasteiger partial charge is 0.342 e. The molecular weight excluding hydrogens is 268 g/mol. The number of nitrogens with zero attached hydrogens (tertiary/aromatic N) is 3. The van der Waals surface area contributed by atoms with Crippen molar-refractivity contribution in [3.05, 3.63) is 11.7 Å². The van der Waals surface area contributed by atoms with Crippen LogP contribution in [0.5, 0.6) is 0 Å². The van der Waals surface area contributed by atoms with Gasteiger partial charge >= 0.3 is 0 Å². The van der Waals surface area contributed by atoms with Crippen LogP contribution in [0.15, 0.2) is 4.52 Å². The predicted octanol–water partition coefficient (Wildman–Crippen LogP) is 1.60. The van der Waals surface area contributed by atoms with E-state index in [4.69, 9.17) is 10.3 Å². The standard InChI is InChI=1S/C15H24N4O2/c1-10-17-14(21-18-10)11-5-7-19(8-6-11)15(20)12-3-2-4-13(16)9-12/h11-13H,2-9,16H2,1H3. The lowest BCUT2D eigenvalue weighted by Crippen LogP contribution is -2.44. The molecule has 0 aromatic carbocycles. The smallest absolute Gasteiger partial charge is 0.229 e. The SMILES string of the molecule is Cc1noc(C2CCN(C(=O)C3CCCC(N)C3)CC2)n1. The first-order valence-corrected chi connectivity index (χ1v) is 7.98. The first kappa shape index (κ1) is 14.5. The number of aromatic nitrogens is 2. The van der Waals surface area contributed by atoms with Gasteiger partial charge < -0.3 is 15.2 Å². The normalized spacial score (nSPS) is 27.8. The summed E-state index contributed by atoms with van der Waals surface area (Å²) in [6.07, 6.45) is 5.80. The molecule has 0 spiro atoms. The summed E-state index contributed by atoms with van der Waals surface area (Å²) in [6.45, 7) is 3.41. The fourth-order valence-corrected chi connectivity index (χ4v) is 3.54. The van der Waals surface area contributed by atoms with Crippen molar-refractivity contribution < 1.29 is 9.32 Å². The van der Waals surface area contributed by atoms with Crippen LogP contribution in [0.4, 0.5) is 0 Å². The molecule has 2 aliphatic rings. The van der Waals surface area contributed by atoms with Crippen molar-refractivity contribution in [1.82, 2.24) is 15.0 Å². The molecule has 2 N–H and O–H groups in total. The molecule has 6 nitrogen and oxygen atoms in total. The van der Waals surface area contributed by atoms with Gasteiger partial charge in [0.1, 0.15) is 0 Å². The lowest BCUT2D eigenvalue weighted by atomic mass is 9.84. The van der Waals surface area contributed by atoms with Crippen LogP contribution in [0.25, 0.3) is 0 Å². The van der Waals surface area contributed by atoms with E-state index in [-0.39, 0.29) is 12.0 Å². The summed E-state index contributed by atoms with van der Waals surface area (Å²) >= 11 is 0. The Bertz CT molecular complexity index is 494. The van der Waals surface area contributed by atoms with Gasteiger partial charge in [-0.05, 0) is 39.0 Å². The number of carbonyl (C=O) groups is 1. The van der Waals surface area contributed by atoms with Gasteiger partial charge in [0, 0.05) is 31.0 Å². The average molecular weight is 292 g/mol. The average Bonchev–Trinajstić information content (AvgIpc) is 2.93. The lowest BCUT2D eigenvalue weighted by Gasteiger charge is -2.35. The van der Waals surface area contributed by atoms with Gasteiger partial charge in [-0.1, -0.05) is 11.6 Å². The summed E-state index contributed by atoms with van der Waals surface area (Å²) in [4.78, 5) is 18.9. The van der Waals surface area contributed by atoms with E-state index < -0.39 is 0 Å². The number of carbonyl (C=O) groups excluding carboxylic acids is 1.